The summed E-state index contributed by atoms with van der Waals surface area (Å²) in [5.41, 5.74) is 2.70. The van der Waals surface area contributed by atoms with Crippen LogP contribution in [-0.2, 0) is 11.2 Å². The fraction of sp³-hybridized carbons (Fsp3) is 0.462. The number of hydrogen-bond acceptors (Lipinski definition) is 4. The molecule has 0 amide bonds. The Kier molecular flexibility index (Phi) is 2.63. The number of aliphatic imine (C=N–C) groups is 1. The number of aryl methyl sites for hydroxylation is 1. The number of nitrogens with one attached hydrogen (secondary N) is 1. The van der Waals surface area contributed by atoms with Crippen LogP contribution in [0.2, 0.25) is 0 Å². The van der Waals surface area contributed by atoms with Crippen molar-refractivity contribution in [3.63, 3.8) is 0 Å². The van der Waals surface area contributed by atoms with E-state index in [2.05, 4.69) is 22.4 Å². The van der Waals surface area contributed by atoms with Crippen molar-refractivity contribution in [3.05, 3.63) is 29.3 Å². The topological polar surface area (TPSA) is 42.8 Å². The van der Waals surface area contributed by atoms with Crippen LogP contribution in [0.4, 0.5) is 0 Å². The summed E-state index contributed by atoms with van der Waals surface area (Å²) in [6.45, 7) is 1.47. The predicted octanol–water partition coefficient (Wildman–Crippen LogP) is 1.66. The fourth-order valence-corrected chi connectivity index (χ4v) is 2.44. The van der Waals surface area contributed by atoms with E-state index < -0.39 is 0 Å². The molecule has 0 saturated carbocycles. The summed E-state index contributed by atoms with van der Waals surface area (Å²) in [5, 5.41) is 3.36. The SMILES string of the molecule is COc1ccc2c(c1)CCC2NC1=NCCO1. The molecule has 1 unspecified atom stereocenters. The van der Waals surface area contributed by atoms with Crippen LogP contribution in [0.3, 0.4) is 0 Å². The van der Waals surface area contributed by atoms with Crippen molar-refractivity contribution in [3.8, 4) is 5.75 Å². The molecule has 0 fully saturated rings. The van der Waals surface area contributed by atoms with E-state index in [1.54, 1.807) is 7.11 Å². The summed E-state index contributed by atoms with van der Waals surface area (Å²) in [6.07, 6.45) is 2.17. The van der Waals surface area contributed by atoms with Gasteiger partial charge in [0.15, 0.2) is 0 Å². The summed E-state index contributed by atoms with van der Waals surface area (Å²) in [7, 11) is 1.70. The van der Waals surface area contributed by atoms with Crippen molar-refractivity contribution in [2.45, 2.75) is 18.9 Å². The van der Waals surface area contributed by atoms with Gasteiger partial charge in [-0.05, 0) is 36.1 Å². The average molecular weight is 232 g/mol. The lowest BCUT2D eigenvalue weighted by atomic mass is 10.1. The maximum Gasteiger partial charge on any atom is 0.285 e. The number of nitrogens with zero attached hydrogens (tertiary/aromatic N) is 1. The minimum atomic E-state index is 0.327. The van der Waals surface area contributed by atoms with Crippen LogP contribution in [-0.4, -0.2) is 26.3 Å². The third kappa shape index (κ3) is 1.95. The van der Waals surface area contributed by atoms with Gasteiger partial charge in [-0.2, -0.15) is 0 Å². The first-order valence-corrected chi connectivity index (χ1v) is 5.97. The highest BCUT2D eigenvalue weighted by Crippen LogP contribution is 2.33. The summed E-state index contributed by atoms with van der Waals surface area (Å²) in [4.78, 5) is 4.26. The number of hydrogen-bond donors (Lipinski definition) is 1. The van der Waals surface area contributed by atoms with Crippen molar-refractivity contribution in [1.82, 2.24) is 5.32 Å². The molecule has 0 radical (unpaired) electrons. The van der Waals surface area contributed by atoms with E-state index >= 15 is 0 Å². The summed E-state index contributed by atoms with van der Waals surface area (Å²) < 4.78 is 10.6. The lowest BCUT2D eigenvalue weighted by Gasteiger charge is -2.14. The number of ether oxygens (including phenoxy) is 2. The first-order chi connectivity index (χ1) is 8.36. The van der Waals surface area contributed by atoms with Gasteiger partial charge < -0.3 is 14.8 Å². The van der Waals surface area contributed by atoms with Gasteiger partial charge in [-0.15, -0.1) is 0 Å². The quantitative estimate of drug-likeness (QED) is 0.843. The van der Waals surface area contributed by atoms with E-state index in [0.717, 1.165) is 25.1 Å². The lowest BCUT2D eigenvalue weighted by Crippen LogP contribution is -2.27. The van der Waals surface area contributed by atoms with Gasteiger partial charge in [-0.3, -0.25) is 0 Å². The molecule has 0 aromatic heterocycles. The van der Waals surface area contributed by atoms with Gasteiger partial charge in [0.05, 0.1) is 19.7 Å². The van der Waals surface area contributed by atoms with Crippen LogP contribution in [0.25, 0.3) is 0 Å². The van der Waals surface area contributed by atoms with Crippen molar-refractivity contribution in [1.29, 1.82) is 0 Å². The number of rotatable bonds is 2. The molecule has 4 heteroatoms. The molecule has 1 heterocycles. The number of methoxy groups -OCH3 is 1. The number of amidine groups is 1. The van der Waals surface area contributed by atoms with Gasteiger partial charge in [-0.1, -0.05) is 6.07 Å². The normalized spacial score (nSPS) is 21.7. The van der Waals surface area contributed by atoms with E-state index in [-0.39, 0.29) is 0 Å². The summed E-state index contributed by atoms with van der Waals surface area (Å²) in [6, 6.07) is 7.28. The molecular formula is C13H16N2O2. The van der Waals surface area contributed by atoms with Gasteiger partial charge in [0.2, 0.25) is 0 Å². The molecule has 1 aliphatic heterocycles. The van der Waals surface area contributed by atoms with Gasteiger partial charge in [-0.25, -0.2) is 4.99 Å². The van der Waals surface area contributed by atoms with Crippen LogP contribution < -0.4 is 10.1 Å². The molecule has 0 spiro atoms. The molecule has 4 nitrogen and oxygen atoms in total. The summed E-state index contributed by atoms with van der Waals surface area (Å²) in [5.74, 6) is 0.929. The van der Waals surface area contributed by atoms with Crippen LogP contribution in [0, 0.1) is 0 Å². The van der Waals surface area contributed by atoms with Crippen molar-refractivity contribution in [2.75, 3.05) is 20.3 Å². The van der Waals surface area contributed by atoms with Crippen molar-refractivity contribution in [2.24, 2.45) is 4.99 Å². The van der Waals surface area contributed by atoms with E-state index in [1.807, 2.05) is 6.07 Å². The molecule has 0 saturated heterocycles. The maximum atomic E-state index is 5.39. The molecule has 90 valence electrons. The minimum absolute atomic E-state index is 0.327. The third-order valence-electron chi connectivity index (χ3n) is 3.31. The molecule has 1 atom stereocenters. The second kappa shape index (κ2) is 4.28. The first-order valence-electron chi connectivity index (χ1n) is 5.97. The maximum absolute atomic E-state index is 5.39. The van der Waals surface area contributed by atoms with Crippen LogP contribution in [0.5, 0.6) is 5.75 Å². The van der Waals surface area contributed by atoms with E-state index in [1.165, 1.54) is 11.1 Å². The zero-order valence-electron chi connectivity index (χ0n) is 9.90. The standard InChI is InChI=1S/C13H16N2O2/c1-16-10-3-4-11-9(8-10)2-5-12(11)15-13-14-6-7-17-13/h3-4,8,12H,2,5-7H2,1H3,(H,14,15). The van der Waals surface area contributed by atoms with Crippen LogP contribution in [0.15, 0.2) is 23.2 Å². The largest absolute Gasteiger partial charge is 0.497 e. The van der Waals surface area contributed by atoms with Gasteiger partial charge in [0.25, 0.3) is 6.02 Å². The molecule has 1 aromatic rings. The zero-order chi connectivity index (χ0) is 11.7. The summed E-state index contributed by atoms with van der Waals surface area (Å²) >= 11 is 0. The van der Waals surface area contributed by atoms with Crippen molar-refractivity contribution < 1.29 is 9.47 Å². The highest BCUT2D eigenvalue weighted by Gasteiger charge is 2.24. The molecule has 1 N–H and O–H groups in total. The van der Waals surface area contributed by atoms with Crippen LogP contribution >= 0.6 is 0 Å². The third-order valence-corrected chi connectivity index (χ3v) is 3.31. The van der Waals surface area contributed by atoms with E-state index in [0.29, 0.717) is 18.7 Å². The number of benzene rings is 1. The number of fused-ring (bicyclic) bond motifs is 1. The monoisotopic (exact) mass is 232 g/mol. The fourth-order valence-electron chi connectivity index (χ4n) is 2.44. The molecule has 2 aliphatic rings. The Morgan fingerprint density at radius 2 is 2.41 bits per heavy atom. The molecule has 1 aliphatic carbocycles. The van der Waals surface area contributed by atoms with Crippen LogP contribution in [0.1, 0.15) is 23.6 Å². The van der Waals surface area contributed by atoms with Gasteiger partial charge in [0.1, 0.15) is 12.4 Å². The Balaban J connectivity index is 1.78. The molecule has 0 bridgehead atoms. The Bertz CT molecular complexity index is 457. The van der Waals surface area contributed by atoms with Gasteiger partial charge in [0, 0.05) is 0 Å². The lowest BCUT2D eigenvalue weighted by molar-refractivity contribution is 0.325. The second-order valence-corrected chi connectivity index (χ2v) is 4.34. The first kappa shape index (κ1) is 10.4. The molecular weight excluding hydrogens is 216 g/mol. The smallest absolute Gasteiger partial charge is 0.285 e. The average Bonchev–Trinajstić information content (AvgIpc) is 2.99. The highest BCUT2D eigenvalue weighted by molar-refractivity contribution is 5.75. The molecule has 3 rings (SSSR count). The second-order valence-electron chi connectivity index (χ2n) is 4.34. The molecule has 1 aromatic carbocycles. The Labute approximate surface area is 101 Å². The minimum Gasteiger partial charge on any atom is -0.497 e. The molecule has 17 heavy (non-hydrogen) atoms. The zero-order valence-corrected chi connectivity index (χ0v) is 9.90. The Morgan fingerprint density at radius 3 is 3.18 bits per heavy atom. The van der Waals surface area contributed by atoms with Crippen molar-refractivity contribution >= 4 is 6.02 Å². The highest BCUT2D eigenvalue weighted by atomic mass is 16.5. The predicted molar refractivity (Wildman–Crippen MR) is 65.4 cm³/mol. The van der Waals surface area contributed by atoms with E-state index in [9.17, 15) is 0 Å². The Hall–Kier alpha value is -1.71. The van der Waals surface area contributed by atoms with E-state index in [4.69, 9.17) is 9.47 Å². The Morgan fingerprint density at radius 1 is 1.47 bits per heavy atom. The van der Waals surface area contributed by atoms with Gasteiger partial charge >= 0.3 is 0 Å².